The lowest BCUT2D eigenvalue weighted by molar-refractivity contribution is 0.415. The number of sulfone groups is 1. The molecule has 0 saturated heterocycles. The second kappa shape index (κ2) is 8.23. The van der Waals surface area contributed by atoms with Crippen molar-refractivity contribution in [2.45, 2.75) is 16.8 Å². The molecular formula is C23H19FN2O4S. The molecule has 0 unspecified atom stereocenters. The van der Waals surface area contributed by atoms with Crippen LogP contribution in [0.5, 0.6) is 5.75 Å². The first-order valence-corrected chi connectivity index (χ1v) is 10.8. The molecule has 0 aliphatic rings. The van der Waals surface area contributed by atoms with Crippen LogP contribution in [-0.2, 0) is 9.84 Å². The van der Waals surface area contributed by atoms with E-state index in [-0.39, 0.29) is 21.7 Å². The first kappa shape index (κ1) is 20.6. The molecule has 0 fully saturated rings. The van der Waals surface area contributed by atoms with Gasteiger partial charge in [-0.1, -0.05) is 23.8 Å². The second-order valence-electron chi connectivity index (χ2n) is 6.84. The maximum absolute atomic E-state index is 13.3. The fourth-order valence-electron chi connectivity index (χ4n) is 3.03. The zero-order valence-electron chi connectivity index (χ0n) is 16.8. The molecule has 1 N–H and O–H groups in total. The van der Waals surface area contributed by atoms with Crippen molar-refractivity contribution in [3.8, 4) is 17.2 Å². The largest absolute Gasteiger partial charge is 0.497 e. The normalized spacial score (nSPS) is 11.3. The third kappa shape index (κ3) is 4.29. The fourth-order valence-corrected chi connectivity index (χ4v) is 4.28. The lowest BCUT2D eigenvalue weighted by Crippen LogP contribution is -2.05. The summed E-state index contributed by atoms with van der Waals surface area (Å²) in [6.45, 7) is 1.91. The highest BCUT2D eigenvalue weighted by molar-refractivity contribution is 7.91. The summed E-state index contributed by atoms with van der Waals surface area (Å²) >= 11 is 0. The summed E-state index contributed by atoms with van der Waals surface area (Å²) in [5.41, 5.74) is 2.16. The Morgan fingerprint density at radius 3 is 2.45 bits per heavy atom. The van der Waals surface area contributed by atoms with Gasteiger partial charge in [-0.15, -0.1) is 0 Å². The number of hydrogen-bond acceptors (Lipinski definition) is 6. The van der Waals surface area contributed by atoms with Gasteiger partial charge in [0, 0.05) is 17.3 Å². The first-order chi connectivity index (χ1) is 14.9. The van der Waals surface area contributed by atoms with Crippen LogP contribution >= 0.6 is 0 Å². The zero-order valence-corrected chi connectivity index (χ0v) is 17.6. The summed E-state index contributed by atoms with van der Waals surface area (Å²) < 4.78 is 51.0. The number of ether oxygens (including phenoxy) is 1. The van der Waals surface area contributed by atoms with Crippen molar-refractivity contribution in [2.75, 3.05) is 12.4 Å². The van der Waals surface area contributed by atoms with E-state index in [9.17, 15) is 12.8 Å². The number of aromatic nitrogens is 1. The smallest absolute Gasteiger partial charge is 0.238 e. The van der Waals surface area contributed by atoms with Crippen molar-refractivity contribution >= 4 is 21.4 Å². The van der Waals surface area contributed by atoms with Crippen LogP contribution in [0.15, 0.2) is 87.1 Å². The molecule has 0 atom stereocenters. The number of aryl methyl sites for hydroxylation is 1. The number of rotatable bonds is 6. The van der Waals surface area contributed by atoms with Crippen molar-refractivity contribution in [1.29, 1.82) is 0 Å². The Hall–Kier alpha value is -3.65. The summed E-state index contributed by atoms with van der Waals surface area (Å²) in [5.74, 6) is 0.157. The molecule has 0 bridgehead atoms. The van der Waals surface area contributed by atoms with Gasteiger partial charge in [0.15, 0.2) is 0 Å². The summed E-state index contributed by atoms with van der Waals surface area (Å²) in [6, 6.07) is 18.9. The van der Waals surface area contributed by atoms with Crippen molar-refractivity contribution < 1.29 is 22.0 Å². The molecule has 0 aliphatic heterocycles. The molecule has 0 saturated carbocycles. The van der Waals surface area contributed by atoms with Gasteiger partial charge >= 0.3 is 0 Å². The van der Waals surface area contributed by atoms with E-state index < -0.39 is 15.7 Å². The number of methoxy groups -OCH3 is 1. The van der Waals surface area contributed by atoms with Crippen LogP contribution in [-0.4, -0.2) is 20.5 Å². The molecule has 0 amide bonds. The van der Waals surface area contributed by atoms with Crippen LogP contribution in [0.3, 0.4) is 0 Å². The highest BCUT2D eigenvalue weighted by atomic mass is 32.2. The number of benzene rings is 3. The van der Waals surface area contributed by atoms with E-state index in [4.69, 9.17) is 9.15 Å². The standard InChI is InChI=1S/C23H19FN2O4S/c1-15-5-3-6-16(13-15)21-26-23(31(27,28)20-11-9-17(24)10-12-20)22(30-21)25-18-7-4-8-19(14-18)29-2/h3-14,25H,1-2H3. The van der Waals surface area contributed by atoms with Gasteiger partial charge in [0.2, 0.25) is 26.6 Å². The summed E-state index contributed by atoms with van der Waals surface area (Å²) in [7, 11) is -2.55. The van der Waals surface area contributed by atoms with Gasteiger partial charge in [-0.25, -0.2) is 12.8 Å². The third-order valence-corrected chi connectivity index (χ3v) is 6.25. The third-order valence-electron chi connectivity index (χ3n) is 4.57. The minimum absolute atomic E-state index is 0.0471. The van der Waals surface area contributed by atoms with Crippen LogP contribution in [0.1, 0.15) is 5.56 Å². The Morgan fingerprint density at radius 2 is 1.74 bits per heavy atom. The Morgan fingerprint density at radius 1 is 1.00 bits per heavy atom. The lowest BCUT2D eigenvalue weighted by Gasteiger charge is -2.07. The monoisotopic (exact) mass is 438 g/mol. The predicted octanol–water partition coefficient (Wildman–Crippen LogP) is 5.37. The van der Waals surface area contributed by atoms with Gasteiger partial charge in [0.1, 0.15) is 11.6 Å². The minimum atomic E-state index is -4.08. The van der Waals surface area contributed by atoms with Crippen LogP contribution in [0, 0.1) is 12.7 Å². The van der Waals surface area contributed by atoms with Gasteiger partial charge in [0.05, 0.1) is 12.0 Å². The highest BCUT2D eigenvalue weighted by Crippen LogP contribution is 2.34. The van der Waals surface area contributed by atoms with Gasteiger partial charge in [-0.05, 0) is 55.5 Å². The van der Waals surface area contributed by atoms with E-state index in [1.807, 2.05) is 25.1 Å². The lowest BCUT2D eigenvalue weighted by atomic mass is 10.1. The second-order valence-corrected chi connectivity index (χ2v) is 8.70. The van der Waals surface area contributed by atoms with E-state index in [1.54, 1.807) is 30.3 Å². The Balaban J connectivity index is 1.84. The molecule has 4 rings (SSSR count). The molecule has 1 heterocycles. The van der Waals surface area contributed by atoms with Crippen molar-refractivity contribution in [3.63, 3.8) is 0 Å². The number of halogens is 1. The van der Waals surface area contributed by atoms with E-state index in [0.29, 0.717) is 17.0 Å². The quantitative estimate of drug-likeness (QED) is 0.408. The molecule has 158 valence electrons. The van der Waals surface area contributed by atoms with Gasteiger partial charge in [-0.3, -0.25) is 0 Å². The molecule has 31 heavy (non-hydrogen) atoms. The molecule has 4 aromatic rings. The number of nitrogens with one attached hydrogen (secondary N) is 1. The minimum Gasteiger partial charge on any atom is -0.497 e. The molecule has 6 nitrogen and oxygen atoms in total. The molecule has 0 aliphatic carbocycles. The van der Waals surface area contributed by atoms with E-state index in [2.05, 4.69) is 10.3 Å². The van der Waals surface area contributed by atoms with Gasteiger partial charge in [-0.2, -0.15) is 4.98 Å². The summed E-state index contributed by atoms with van der Waals surface area (Å²) in [6.07, 6.45) is 0. The van der Waals surface area contributed by atoms with Crippen LogP contribution < -0.4 is 10.1 Å². The molecule has 1 aromatic heterocycles. The molecule has 8 heteroatoms. The first-order valence-electron chi connectivity index (χ1n) is 9.36. The molecule has 0 spiro atoms. The Labute approximate surface area is 179 Å². The van der Waals surface area contributed by atoms with Crippen LogP contribution in [0.2, 0.25) is 0 Å². The number of hydrogen-bond donors (Lipinski definition) is 1. The summed E-state index contributed by atoms with van der Waals surface area (Å²) in [5, 5.41) is 2.68. The van der Waals surface area contributed by atoms with Crippen LogP contribution in [0.4, 0.5) is 16.0 Å². The highest BCUT2D eigenvalue weighted by Gasteiger charge is 2.29. The van der Waals surface area contributed by atoms with E-state index >= 15 is 0 Å². The van der Waals surface area contributed by atoms with E-state index in [0.717, 1.165) is 17.7 Å². The maximum Gasteiger partial charge on any atom is 0.238 e. The summed E-state index contributed by atoms with van der Waals surface area (Å²) in [4.78, 5) is 4.20. The Bertz CT molecular complexity index is 1330. The van der Waals surface area contributed by atoms with Crippen molar-refractivity contribution in [1.82, 2.24) is 4.98 Å². The predicted molar refractivity (Wildman–Crippen MR) is 115 cm³/mol. The Kier molecular flexibility index (Phi) is 5.48. The average molecular weight is 438 g/mol. The molecule has 0 radical (unpaired) electrons. The average Bonchev–Trinajstić information content (AvgIpc) is 3.19. The van der Waals surface area contributed by atoms with Crippen molar-refractivity contribution in [3.05, 3.63) is 84.2 Å². The van der Waals surface area contributed by atoms with Crippen molar-refractivity contribution in [2.24, 2.45) is 0 Å². The SMILES string of the molecule is COc1cccc(Nc2oc(-c3cccc(C)c3)nc2S(=O)(=O)c2ccc(F)cc2)c1. The van der Waals surface area contributed by atoms with Gasteiger partial charge in [0.25, 0.3) is 0 Å². The van der Waals surface area contributed by atoms with E-state index in [1.165, 1.54) is 19.2 Å². The number of oxazole rings is 1. The topological polar surface area (TPSA) is 81.4 Å². The van der Waals surface area contributed by atoms with Gasteiger partial charge < -0.3 is 14.5 Å². The number of anilines is 2. The zero-order chi connectivity index (χ0) is 22.0. The van der Waals surface area contributed by atoms with Crippen LogP contribution in [0.25, 0.3) is 11.5 Å². The molecule has 3 aromatic carbocycles. The number of nitrogens with zero attached hydrogens (tertiary/aromatic N) is 1. The maximum atomic E-state index is 13.3. The fraction of sp³-hybridized carbons (Fsp3) is 0.0870. The molecular weight excluding hydrogens is 419 g/mol.